The van der Waals surface area contributed by atoms with Gasteiger partial charge in [-0.05, 0) is 44.5 Å². The molecule has 0 radical (unpaired) electrons. The highest BCUT2D eigenvalue weighted by atomic mass is 32.2. The number of thiocarbonyl (C=S) groups is 1. The Kier molecular flexibility index (Phi) is 8.63. The molecular formula is C22H28N4O5S3. The van der Waals surface area contributed by atoms with E-state index in [1.54, 1.807) is 6.92 Å². The van der Waals surface area contributed by atoms with Gasteiger partial charge in [-0.3, -0.25) is 15.6 Å². The van der Waals surface area contributed by atoms with Gasteiger partial charge in [-0.15, -0.1) is 11.3 Å². The molecule has 12 heteroatoms. The third-order valence-electron chi connectivity index (χ3n) is 5.45. The summed E-state index contributed by atoms with van der Waals surface area (Å²) in [6.07, 6.45) is 2.02. The molecule has 1 aliphatic heterocycles. The van der Waals surface area contributed by atoms with E-state index in [2.05, 4.69) is 16.2 Å². The molecule has 34 heavy (non-hydrogen) atoms. The maximum Gasteiger partial charge on any atom is 0.341 e. The van der Waals surface area contributed by atoms with E-state index in [1.807, 2.05) is 37.3 Å². The van der Waals surface area contributed by atoms with Gasteiger partial charge in [-0.2, -0.15) is 0 Å². The lowest BCUT2D eigenvalue weighted by molar-refractivity contribution is -0.126. The summed E-state index contributed by atoms with van der Waals surface area (Å²) in [5.74, 6) is -1.05. The Morgan fingerprint density at radius 2 is 1.82 bits per heavy atom. The number of thiophene rings is 1. The number of aryl methyl sites for hydroxylation is 1. The summed E-state index contributed by atoms with van der Waals surface area (Å²) >= 11 is 6.70. The molecule has 1 amide bonds. The summed E-state index contributed by atoms with van der Waals surface area (Å²) < 4.78 is 29.9. The Balaban J connectivity index is 1.67. The summed E-state index contributed by atoms with van der Waals surface area (Å²) in [5.41, 5.74) is 7.31. The van der Waals surface area contributed by atoms with Crippen molar-refractivity contribution in [3.05, 3.63) is 40.8 Å². The predicted octanol–water partition coefficient (Wildman–Crippen LogP) is 2.89. The van der Waals surface area contributed by atoms with Crippen LogP contribution in [-0.2, 0) is 19.6 Å². The lowest BCUT2D eigenvalue weighted by atomic mass is 9.98. The molecule has 1 aliphatic rings. The molecular weight excluding hydrogens is 496 g/mol. The quantitative estimate of drug-likeness (QED) is 0.300. The van der Waals surface area contributed by atoms with Gasteiger partial charge in [0.2, 0.25) is 15.9 Å². The fourth-order valence-electron chi connectivity index (χ4n) is 3.79. The second-order valence-corrected chi connectivity index (χ2v) is 11.4. The molecule has 3 N–H and O–H groups in total. The van der Waals surface area contributed by atoms with Crippen LogP contribution in [0.4, 0.5) is 5.00 Å². The summed E-state index contributed by atoms with van der Waals surface area (Å²) in [6.45, 7) is 4.51. The Labute approximate surface area is 208 Å². The van der Waals surface area contributed by atoms with E-state index in [9.17, 15) is 18.0 Å². The van der Waals surface area contributed by atoms with Gasteiger partial charge in [0.25, 0.3) is 0 Å². The van der Waals surface area contributed by atoms with Crippen molar-refractivity contribution >= 4 is 55.6 Å². The number of esters is 1. The second-order valence-electron chi connectivity index (χ2n) is 7.83. The normalized spacial score (nSPS) is 14.9. The SMILES string of the molecule is CCOC(=O)c1c(NC(=S)NNC(=O)C2CCN(S(C)(=O)=O)CC2)sc(C)c1-c1ccccc1. The zero-order chi connectivity index (χ0) is 24.9. The Morgan fingerprint density at radius 3 is 2.41 bits per heavy atom. The second kappa shape index (κ2) is 11.3. The number of amides is 1. The number of carbonyl (C=O) groups is 2. The molecule has 2 aromatic rings. The number of hydrogen-bond donors (Lipinski definition) is 3. The van der Waals surface area contributed by atoms with Gasteiger partial charge >= 0.3 is 5.97 Å². The zero-order valence-electron chi connectivity index (χ0n) is 19.2. The van der Waals surface area contributed by atoms with Gasteiger partial charge in [0.15, 0.2) is 5.11 Å². The predicted molar refractivity (Wildman–Crippen MR) is 137 cm³/mol. The van der Waals surface area contributed by atoms with E-state index in [-0.39, 0.29) is 23.5 Å². The highest BCUT2D eigenvalue weighted by Crippen LogP contribution is 2.40. The average molecular weight is 525 g/mol. The van der Waals surface area contributed by atoms with Crippen LogP contribution in [-0.4, -0.2) is 55.7 Å². The topological polar surface area (TPSA) is 117 Å². The first kappa shape index (κ1) is 26.1. The van der Waals surface area contributed by atoms with E-state index < -0.39 is 16.0 Å². The number of sulfonamides is 1. The minimum absolute atomic E-state index is 0.119. The van der Waals surface area contributed by atoms with Crippen molar-refractivity contribution in [2.75, 3.05) is 31.3 Å². The highest BCUT2D eigenvalue weighted by molar-refractivity contribution is 7.88. The number of benzene rings is 1. The van der Waals surface area contributed by atoms with Crippen molar-refractivity contribution in [1.82, 2.24) is 15.2 Å². The van der Waals surface area contributed by atoms with Gasteiger partial charge in [-0.1, -0.05) is 30.3 Å². The number of ether oxygens (including phenoxy) is 1. The van der Waals surface area contributed by atoms with E-state index in [1.165, 1.54) is 21.9 Å². The molecule has 0 spiro atoms. The number of anilines is 1. The third-order valence-corrected chi connectivity index (χ3v) is 7.97. The minimum atomic E-state index is -3.25. The number of piperidine rings is 1. The Bertz CT molecular complexity index is 1160. The molecule has 0 bridgehead atoms. The maximum atomic E-state index is 12.8. The molecule has 1 aromatic carbocycles. The van der Waals surface area contributed by atoms with Gasteiger partial charge in [0.1, 0.15) is 10.6 Å². The third kappa shape index (κ3) is 6.32. The van der Waals surface area contributed by atoms with Gasteiger partial charge in [0, 0.05) is 29.4 Å². The summed E-state index contributed by atoms with van der Waals surface area (Å²) in [5, 5.41) is 3.64. The van der Waals surface area contributed by atoms with E-state index in [4.69, 9.17) is 17.0 Å². The molecule has 1 saturated heterocycles. The van der Waals surface area contributed by atoms with Crippen LogP contribution >= 0.6 is 23.6 Å². The van der Waals surface area contributed by atoms with Gasteiger partial charge in [0.05, 0.1) is 12.9 Å². The zero-order valence-corrected chi connectivity index (χ0v) is 21.7. The van der Waals surface area contributed by atoms with Crippen molar-refractivity contribution in [3.63, 3.8) is 0 Å². The molecule has 0 aliphatic carbocycles. The van der Waals surface area contributed by atoms with E-state index in [0.29, 0.717) is 36.5 Å². The number of carbonyl (C=O) groups excluding carboxylic acids is 2. The molecule has 1 fully saturated rings. The molecule has 0 unspecified atom stereocenters. The van der Waals surface area contributed by atoms with Crippen molar-refractivity contribution in [1.29, 1.82) is 0 Å². The molecule has 1 aromatic heterocycles. The van der Waals surface area contributed by atoms with Crippen LogP contribution in [0.1, 0.15) is 35.0 Å². The molecule has 0 saturated carbocycles. The number of nitrogens with one attached hydrogen (secondary N) is 3. The Hall–Kier alpha value is -2.54. The fraction of sp³-hybridized carbons (Fsp3) is 0.409. The van der Waals surface area contributed by atoms with Gasteiger partial charge < -0.3 is 10.1 Å². The van der Waals surface area contributed by atoms with Crippen LogP contribution in [0.15, 0.2) is 30.3 Å². The first-order chi connectivity index (χ1) is 16.1. The first-order valence-corrected chi connectivity index (χ1v) is 13.9. The van der Waals surface area contributed by atoms with Crippen molar-refractivity contribution in [3.8, 4) is 11.1 Å². The number of nitrogens with zero attached hydrogens (tertiary/aromatic N) is 1. The first-order valence-electron chi connectivity index (χ1n) is 10.8. The number of rotatable bonds is 6. The standard InChI is InChI=1S/C22H28N4O5S3/c1-4-31-21(28)18-17(15-8-6-5-7-9-15)14(2)33-20(18)23-22(32)25-24-19(27)16-10-12-26(13-11-16)34(3,29)30/h5-9,16H,4,10-13H2,1-3H3,(H,24,27)(H2,23,25,32). The van der Waals surface area contributed by atoms with E-state index >= 15 is 0 Å². The van der Waals surface area contributed by atoms with Crippen LogP contribution in [0.5, 0.6) is 0 Å². The molecule has 3 rings (SSSR count). The fourth-order valence-corrected chi connectivity index (χ4v) is 5.95. The summed E-state index contributed by atoms with van der Waals surface area (Å²) in [7, 11) is -3.25. The molecule has 184 valence electrons. The van der Waals surface area contributed by atoms with E-state index in [0.717, 1.165) is 16.0 Å². The summed E-state index contributed by atoms with van der Waals surface area (Å²) in [4.78, 5) is 26.2. The molecule has 0 atom stereocenters. The molecule has 2 heterocycles. The van der Waals surface area contributed by atoms with Crippen molar-refractivity contribution in [2.24, 2.45) is 5.92 Å². The highest BCUT2D eigenvalue weighted by Gasteiger charge is 2.29. The lowest BCUT2D eigenvalue weighted by Gasteiger charge is -2.29. The Morgan fingerprint density at radius 1 is 1.18 bits per heavy atom. The largest absolute Gasteiger partial charge is 0.462 e. The maximum absolute atomic E-state index is 12.8. The van der Waals surface area contributed by atoms with Crippen LogP contribution in [0.2, 0.25) is 0 Å². The molecule has 9 nitrogen and oxygen atoms in total. The van der Waals surface area contributed by atoms with Crippen LogP contribution < -0.4 is 16.2 Å². The summed E-state index contributed by atoms with van der Waals surface area (Å²) in [6, 6.07) is 9.55. The number of hydrazine groups is 1. The number of hydrogen-bond acceptors (Lipinski definition) is 7. The minimum Gasteiger partial charge on any atom is -0.462 e. The van der Waals surface area contributed by atoms with Crippen LogP contribution in [0, 0.1) is 12.8 Å². The smallest absolute Gasteiger partial charge is 0.341 e. The van der Waals surface area contributed by atoms with Crippen molar-refractivity contribution in [2.45, 2.75) is 26.7 Å². The average Bonchev–Trinajstić information content (AvgIpc) is 3.13. The monoisotopic (exact) mass is 524 g/mol. The van der Waals surface area contributed by atoms with Crippen molar-refractivity contribution < 1.29 is 22.7 Å². The van der Waals surface area contributed by atoms with Crippen LogP contribution in [0.25, 0.3) is 11.1 Å². The van der Waals surface area contributed by atoms with Crippen LogP contribution in [0.3, 0.4) is 0 Å². The lowest BCUT2D eigenvalue weighted by Crippen LogP contribution is -2.49. The van der Waals surface area contributed by atoms with Gasteiger partial charge in [-0.25, -0.2) is 17.5 Å².